The Kier molecular flexibility index (Phi) is 5.65. The van der Waals surface area contributed by atoms with E-state index in [0.717, 1.165) is 24.8 Å². The van der Waals surface area contributed by atoms with Crippen LogP contribution in [0.3, 0.4) is 0 Å². The zero-order valence-corrected chi connectivity index (χ0v) is 11.1. The van der Waals surface area contributed by atoms with Gasteiger partial charge in [-0.15, -0.1) is 0 Å². The lowest BCUT2D eigenvalue weighted by Gasteiger charge is -2.13. The number of unbranched alkanes of at least 4 members (excludes halogenated alkanes) is 1. The molecule has 1 rings (SSSR count). The highest BCUT2D eigenvalue weighted by Crippen LogP contribution is 2.24. The molecule has 18 heavy (non-hydrogen) atoms. The first-order chi connectivity index (χ1) is 8.58. The third-order valence-corrected chi connectivity index (χ3v) is 2.93. The predicted octanol–water partition coefficient (Wildman–Crippen LogP) is 2.41. The Morgan fingerprint density at radius 3 is 2.78 bits per heavy atom. The fraction of sp³-hybridized carbons (Fsp3) is 0.500. The second-order valence-corrected chi connectivity index (χ2v) is 4.44. The molecule has 1 atom stereocenters. The van der Waals surface area contributed by atoms with Gasteiger partial charge in [0, 0.05) is 0 Å². The highest BCUT2D eigenvalue weighted by molar-refractivity contribution is 5.95. The van der Waals surface area contributed by atoms with Gasteiger partial charge >= 0.3 is 0 Å². The Labute approximate surface area is 108 Å². The van der Waals surface area contributed by atoms with E-state index in [4.69, 9.17) is 5.73 Å². The number of aromatic hydroxyl groups is 1. The average molecular weight is 250 g/mol. The van der Waals surface area contributed by atoms with Crippen molar-refractivity contribution >= 4 is 11.6 Å². The number of carbonyl (C=O) groups is 1. The summed E-state index contributed by atoms with van der Waals surface area (Å²) in [5.41, 5.74) is 7.27. The van der Waals surface area contributed by atoms with Crippen LogP contribution in [-0.2, 0) is 11.2 Å². The van der Waals surface area contributed by atoms with Crippen molar-refractivity contribution in [1.29, 1.82) is 0 Å². The van der Waals surface area contributed by atoms with Crippen LogP contribution < -0.4 is 11.1 Å². The molecule has 0 aliphatic carbocycles. The maximum atomic E-state index is 11.8. The molecule has 0 aliphatic heterocycles. The van der Waals surface area contributed by atoms with E-state index in [1.54, 1.807) is 12.1 Å². The van der Waals surface area contributed by atoms with Crippen molar-refractivity contribution < 1.29 is 9.90 Å². The molecule has 0 fully saturated rings. The number of benzene rings is 1. The fourth-order valence-corrected chi connectivity index (χ4v) is 1.68. The quantitative estimate of drug-likeness (QED) is 0.679. The number of rotatable bonds is 6. The fourth-order valence-electron chi connectivity index (χ4n) is 1.68. The molecule has 1 aromatic carbocycles. The van der Waals surface area contributed by atoms with Gasteiger partial charge in [0.25, 0.3) is 0 Å². The highest BCUT2D eigenvalue weighted by Gasteiger charge is 2.14. The number of phenolic OH excluding ortho intramolecular Hbond substituents is 1. The summed E-state index contributed by atoms with van der Waals surface area (Å²) in [5, 5.41) is 12.4. The van der Waals surface area contributed by atoms with Gasteiger partial charge in [-0.25, -0.2) is 0 Å². The molecule has 4 heteroatoms. The normalized spacial score (nSPS) is 12.2. The molecule has 0 saturated carbocycles. The molecule has 100 valence electrons. The van der Waals surface area contributed by atoms with E-state index in [1.807, 2.05) is 13.0 Å². The molecule has 0 aromatic heterocycles. The lowest BCUT2D eigenvalue weighted by molar-refractivity contribution is -0.117. The molecule has 4 N–H and O–H groups in total. The minimum atomic E-state index is -0.519. The van der Waals surface area contributed by atoms with E-state index in [2.05, 4.69) is 12.2 Å². The second kappa shape index (κ2) is 7.01. The Bertz CT molecular complexity index is 405. The zero-order valence-electron chi connectivity index (χ0n) is 11.1. The van der Waals surface area contributed by atoms with Gasteiger partial charge in [-0.3, -0.25) is 4.79 Å². The number of anilines is 1. The van der Waals surface area contributed by atoms with Gasteiger partial charge in [0.15, 0.2) is 0 Å². The molecule has 0 spiro atoms. The summed E-state index contributed by atoms with van der Waals surface area (Å²) in [6.45, 7) is 4.08. The first-order valence-corrected chi connectivity index (χ1v) is 6.46. The number of hydrogen-bond donors (Lipinski definition) is 3. The summed E-state index contributed by atoms with van der Waals surface area (Å²) in [7, 11) is 0. The molecule has 1 aromatic rings. The van der Waals surface area contributed by atoms with Gasteiger partial charge < -0.3 is 16.2 Å². The second-order valence-electron chi connectivity index (χ2n) is 4.44. The standard InChI is InChI=1S/C14H22N2O2/c1-3-5-6-11(15)14(18)16-12-9-10(4-2)7-8-13(12)17/h7-9,11,17H,3-6,15H2,1-2H3,(H,16,18)/t11-/m0/s1. The van der Waals surface area contributed by atoms with Gasteiger partial charge in [0.2, 0.25) is 5.91 Å². The number of aryl methyl sites for hydroxylation is 1. The molecule has 0 heterocycles. The summed E-state index contributed by atoms with van der Waals surface area (Å²) < 4.78 is 0. The van der Waals surface area contributed by atoms with Crippen molar-refractivity contribution in [2.45, 2.75) is 45.6 Å². The Hall–Kier alpha value is -1.55. The van der Waals surface area contributed by atoms with Crippen LogP contribution in [-0.4, -0.2) is 17.1 Å². The number of nitrogens with one attached hydrogen (secondary N) is 1. The van der Waals surface area contributed by atoms with Crippen LogP contribution in [0.4, 0.5) is 5.69 Å². The Balaban J connectivity index is 2.68. The van der Waals surface area contributed by atoms with Gasteiger partial charge in [0.05, 0.1) is 11.7 Å². The van der Waals surface area contributed by atoms with Crippen LogP contribution in [0.5, 0.6) is 5.75 Å². The van der Waals surface area contributed by atoms with Gasteiger partial charge in [-0.1, -0.05) is 32.8 Å². The summed E-state index contributed by atoms with van der Waals surface area (Å²) in [5.74, 6) is -0.171. The van der Waals surface area contributed by atoms with Gasteiger partial charge in [-0.2, -0.15) is 0 Å². The van der Waals surface area contributed by atoms with Crippen molar-refractivity contribution in [2.75, 3.05) is 5.32 Å². The lowest BCUT2D eigenvalue weighted by Crippen LogP contribution is -2.35. The van der Waals surface area contributed by atoms with Crippen molar-refractivity contribution in [1.82, 2.24) is 0 Å². The molecular weight excluding hydrogens is 228 g/mol. The van der Waals surface area contributed by atoms with Crippen molar-refractivity contribution in [3.8, 4) is 5.75 Å². The molecular formula is C14H22N2O2. The van der Waals surface area contributed by atoms with E-state index in [-0.39, 0.29) is 11.7 Å². The minimum Gasteiger partial charge on any atom is -0.506 e. The molecule has 1 amide bonds. The Morgan fingerprint density at radius 2 is 2.17 bits per heavy atom. The maximum absolute atomic E-state index is 11.8. The van der Waals surface area contributed by atoms with Crippen LogP contribution in [0.1, 0.15) is 38.7 Å². The van der Waals surface area contributed by atoms with Gasteiger partial charge in [-0.05, 0) is 30.5 Å². The Morgan fingerprint density at radius 1 is 1.44 bits per heavy atom. The average Bonchev–Trinajstić information content (AvgIpc) is 2.38. The van der Waals surface area contributed by atoms with E-state index >= 15 is 0 Å². The van der Waals surface area contributed by atoms with E-state index in [1.165, 1.54) is 0 Å². The smallest absolute Gasteiger partial charge is 0.241 e. The number of carbonyl (C=O) groups excluding carboxylic acids is 1. The van der Waals surface area contributed by atoms with E-state index in [9.17, 15) is 9.90 Å². The van der Waals surface area contributed by atoms with E-state index < -0.39 is 6.04 Å². The lowest BCUT2D eigenvalue weighted by atomic mass is 10.1. The largest absolute Gasteiger partial charge is 0.506 e. The third kappa shape index (κ3) is 4.04. The summed E-state index contributed by atoms with van der Waals surface area (Å²) in [6, 6.07) is 4.68. The number of hydrogen-bond acceptors (Lipinski definition) is 3. The van der Waals surface area contributed by atoms with E-state index in [0.29, 0.717) is 12.1 Å². The van der Waals surface area contributed by atoms with Gasteiger partial charge in [0.1, 0.15) is 5.75 Å². The van der Waals surface area contributed by atoms with Crippen LogP contribution >= 0.6 is 0 Å². The molecule has 0 aliphatic rings. The highest BCUT2D eigenvalue weighted by atomic mass is 16.3. The zero-order chi connectivity index (χ0) is 13.5. The maximum Gasteiger partial charge on any atom is 0.241 e. The van der Waals surface area contributed by atoms with Crippen molar-refractivity contribution in [3.63, 3.8) is 0 Å². The number of nitrogens with two attached hydrogens (primary N) is 1. The molecule has 0 unspecified atom stereocenters. The third-order valence-electron chi connectivity index (χ3n) is 2.93. The number of phenols is 1. The first kappa shape index (κ1) is 14.5. The summed E-state index contributed by atoms with van der Waals surface area (Å²) >= 11 is 0. The minimum absolute atomic E-state index is 0.0724. The molecule has 0 bridgehead atoms. The summed E-state index contributed by atoms with van der Waals surface area (Å²) in [6.07, 6.45) is 3.45. The molecule has 0 radical (unpaired) electrons. The SMILES string of the molecule is CCCC[C@H](N)C(=O)Nc1cc(CC)ccc1O. The van der Waals surface area contributed by atoms with Crippen LogP contribution in [0.15, 0.2) is 18.2 Å². The summed E-state index contributed by atoms with van der Waals surface area (Å²) in [4.78, 5) is 11.8. The van der Waals surface area contributed by atoms with Crippen molar-refractivity contribution in [2.24, 2.45) is 5.73 Å². The van der Waals surface area contributed by atoms with Crippen LogP contribution in [0.25, 0.3) is 0 Å². The van der Waals surface area contributed by atoms with Crippen LogP contribution in [0.2, 0.25) is 0 Å². The topological polar surface area (TPSA) is 75.4 Å². The number of amides is 1. The molecule has 4 nitrogen and oxygen atoms in total. The molecule has 0 saturated heterocycles. The monoisotopic (exact) mass is 250 g/mol. The first-order valence-electron chi connectivity index (χ1n) is 6.46. The van der Waals surface area contributed by atoms with Crippen molar-refractivity contribution in [3.05, 3.63) is 23.8 Å². The van der Waals surface area contributed by atoms with Crippen LogP contribution in [0, 0.1) is 0 Å². The predicted molar refractivity (Wildman–Crippen MR) is 73.6 cm³/mol.